The van der Waals surface area contributed by atoms with E-state index in [0.29, 0.717) is 23.9 Å². The molecule has 0 aromatic carbocycles. The van der Waals surface area contributed by atoms with Crippen LogP contribution in [0.3, 0.4) is 0 Å². The number of hydrogen-bond donors (Lipinski definition) is 1. The van der Waals surface area contributed by atoms with Crippen LogP contribution in [0.2, 0.25) is 0 Å². The molecule has 0 spiro atoms. The second-order valence-corrected chi connectivity index (χ2v) is 4.18. The molecule has 0 aliphatic carbocycles. The lowest BCUT2D eigenvalue weighted by atomic mass is 10.4. The Hall–Kier alpha value is -2.18. The molecule has 0 aliphatic rings. The Kier molecular flexibility index (Phi) is 3.40. The second kappa shape index (κ2) is 4.99. The Labute approximate surface area is 106 Å². The molecule has 1 N–H and O–H groups in total. The topological polar surface area (TPSA) is 71.8 Å². The Balaban J connectivity index is 2.45. The molecule has 0 atom stereocenters. The van der Waals surface area contributed by atoms with Gasteiger partial charge in [-0.25, -0.2) is 4.98 Å². The van der Waals surface area contributed by atoms with E-state index in [4.69, 9.17) is 0 Å². The Morgan fingerprint density at radius 1 is 1.28 bits per heavy atom. The van der Waals surface area contributed by atoms with Crippen molar-refractivity contribution in [1.29, 1.82) is 0 Å². The van der Waals surface area contributed by atoms with Gasteiger partial charge in [0, 0.05) is 32.5 Å². The van der Waals surface area contributed by atoms with E-state index in [2.05, 4.69) is 39.1 Å². The summed E-state index contributed by atoms with van der Waals surface area (Å²) in [5.41, 5.74) is 0. The van der Waals surface area contributed by atoms with E-state index in [1.807, 2.05) is 11.9 Å². The standard InChI is InChI=1S/C11H17N7/c1-8(2)17(4)10-14-9(12-3)15-11(16-10)18-6-5-13-7-18/h5-8H,1-4H3,(H,12,14,15,16). The maximum absolute atomic E-state index is 4.43. The molecule has 0 saturated carbocycles. The van der Waals surface area contributed by atoms with E-state index in [-0.39, 0.29) is 0 Å². The van der Waals surface area contributed by atoms with E-state index in [9.17, 15) is 0 Å². The molecule has 2 aromatic rings. The minimum Gasteiger partial charge on any atom is -0.357 e. The van der Waals surface area contributed by atoms with Crippen molar-refractivity contribution in [1.82, 2.24) is 24.5 Å². The van der Waals surface area contributed by atoms with Crippen molar-refractivity contribution in [2.45, 2.75) is 19.9 Å². The summed E-state index contributed by atoms with van der Waals surface area (Å²) in [4.78, 5) is 19.1. The minimum atomic E-state index is 0.313. The number of imidazole rings is 1. The van der Waals surface area contributed by atoms with Crippen molar-refractivity contribution in [3.8, 4) is 5.95 Å². The van der Waals surface area contributed by atoms with Gasteiger partial charge in [0.1, 0.15) is 6.33 Å². The van der Waals surface area contributed by atoms with Gasteiger partial charge in [-0.05, 0) is 13.8 Å². The van der Waals surface area contributed by atoms with Crippen molar-refractivity contribution < 1.29 is 0 Å². The van der Waals surface area contributed by atoms with Gasteiger partial charge in [-0.3, -0.25) is 4.57 Å². The van der Waals surface area contributed by atoms with Gasteiger partial charge in [0.2, 0.25) is 17.8 Å². The molecule has 0 bridgehead atoms. The third-order valence-electron chi connectivity index (χ3n) is 2.66. The van der Waals surface area contributed by atoms with Crippen LogP contribution < -0.4 is 10.2 Å². The summed E-state index contributed by atoms with van der Waals surface area (Å²) in [5, 5.41) is 2.94. The Bertz CT molecular complexity index is 506. The molecule has 7 nitrogen and oxygen atoms in total. The van der Waals surface area contributed by atoms with Crippen LogP contribution in [0.4, 0.5) is 11.9 Å². The normalized spacial score (nSPS) is 10.7. The van der Waals surface area contributed by atoms with Crippen molar-refractivity contribution in [2.24, 2.45) is 0 Å². The van der Waals surface area contributed by atoms with E-state index in [1.54, 1.807) is 30.3 Å². The van der Waals surface area contributed by atoms with Crippen molar-refractivity contribution >= 4 is 11.9 Å². The first-order chi connectivity index (χ1) is 8.61. The zero-order valence-corrected chi connectivity index (χ0v) is 11.0. The van der Waals surface area contributed by atoms with Crippen LogP contribution >= 0.6 is 0 Å². The predicted molar refractivity (Wildman–Crippen MR) is 70.0 cm³/mol. The Morgan fingerprint density at radius 3 is 2.61 bits per heavy atom. The SMILES string of the molecule is CNc1nc(N(C)C(C)C)nc(-n2ccnc2)n1. The third-order valence-corrected chi connectivity index (χ3v) is 2.66. The maximum atomic E-state index is 4.43. The molecule has 2 aromatic heterocycles. The first-order valence-corrected chi connectivity index (χ1v) is 5.77. The first kappa shape index (κ1) is 12.3. The molecule has 0 radical (unpaired) electrons. The van der Waals surface area contributed by atoms with E-state index in [0.717, 1.165) is 0 Å². The minimum absolute atomic E-state index is 0.313. The quantitative estimate of drug-likeness (QED) is 0.867. The molecule has 0 unspecified atom stereocenters. The monoisotopic (exact) mass is 247 g/mol. The number of aromatic nitrogens is 5. The van der Waals surface area contributed by atoms with Gasteiger partial charge < -0.3 is 10.2 Å². The van der Waals surface area contributed by atoms with Gasteiger partial charge in [0.15, 0.2) is 0 Å². The van der Waals surface area contributed by atoms with Gasteiger partial charge in [-0.2, -0.15) is 15.0 Å². The summed E-state index contributed by atoms with van der Waals surface area (Å²) < 4.78 is 1.75. The molecular formula is C11H17N7. The Morgan fingerprint density at radius 2 is 2.06 bits per heavy atom. The molecule has 2 rings (SSSR count). The second-order valence-electron chi connectivity index (χ2n) is 4.18. The highest BCUT2D eigenvalue weighted by Gasteiger charge is 2.12. The van der Waals surface area contributed by atoms with Gasteiger partial charge in [0.05, 0.1) is 0 Å². The summed E-state index contributed by atoms with van der Waals surface area (Å²) in [6.45, 7) is 4.17. The molecule has 96 valence electrons. The number of anilines is 2. The number of rotatable bonds is 4. The molecular weight excluding hydrogens is 230 g/mol. The highest BCUT2D eigenvalue weighted by atomic mass is 15.3. The molecule has 0 saturated heterocycles. The largest absolute Gasteiger partial charge is 0.357 e. The van der Waals surface area contributed by atoms with E-state index in [1.165, 1.54) is 0 Å². The molecule has 0 amide bonds. The fourth-order valence-corrected chi connectivity index (χ4v) is 1.35. The third kappa shape index (κ3) is 2.39. The van der Waals surface area contributed by atoms with Crippen molar-refractivity contribution in [3.05, 3.63) is 18.7 Å². The highest BCUT2D eigenvalue weighted by Crippen LogP contribution is 2.13. The zero-order chi connectivity index (χ0) is 13.1. The van der Waals surface area contributed by atoms with Gasteiger partial charge >= 0.3 is 0 Å². The smallest absolute Gasteiger partial charge is 0.241 e. The average Bonchev–Trinajstić information content (AvgIpc) is 2.91. The number of nitrogens with zero attached hydrogens (tertiary/aromatic N) is 6. The van der Waals surface area contributed by atoms with Crippen LogP contribution in [0.5, 0.6) is 0 Å². The van der Waals surface area contributed by atoms with E-state index >= 15 is 0 Å². The molecule has 0 fully saturated rings. The van der Waals surface area contributed by atoms with Crippen LogP contribution in [-0.2, 0) is 0 Å². The summed E-state index contributed by atoms with van der Waals surface area (Å²) in [7, 11) is 3.74. The summed E-state index contributed by atoms with van der Waals surface area (Å²) >= 11 is 0. The van der Waals surface area contributed by atoms with Crippen LogP contribution in [0.15, 0.2) is 18.7 Å². The van der Waals surface area contributed by atoms with Crippen molar-refractivity contribution in [2.75, 3.05) is 24.3 Å². The fraction of sp³-hybridized carbons (Fsp3) is 0.455. The molecule has 0 aliphatic heterocycles. The lowest BCUT2D eigenvalue weighted by Crippen LogP contribution is -2.28. The summed E-state index contributed by atoms with van der Waals surface area (Å²) in [6, 6.07) is 0.313. The number of nitrogens with one attached hydrogen (secondary N) is 1. The summed E-state index contributed by atoms with van der Waals surface area (Å²) in [6.07, 6.45) is 5.15. The van der Waals surface area contributed by atoms with Gasteiger partial charge in [-0.1, -0.05) is 0 Å². The molecule has 7 heteroatoms. The van der Waals surface area contributed by atoms with Gasteiger partial charge in [-0.15, -0.1) is 0 Å². The average molecular weight is 247 g/mol. The maximum Gasteiger partial charge on any atom is 0.241 e. The van der Waals surface area contributed by atoms with Crippen LogP contribution in [0, 0.1) is 0 Å². The molecule has 2 heterocycles. The highest BCUT2D eigenvalue weighted by molar-refractivity contribution is 5.39. The van der Waals surface area contributed by atoms with Crippen LogP contribution in [-0.4, -0.2) is 44.6 Å². The van der Waals surface area contributed by atoms with E-state index < -0.39 is 0 Å². The van der Waals surface area contributed by atoms with Crippen LogP contribution in [0.25, 0.3) is 5.95 Å². The fourth-order valence-electron chi connectivity index (χ4n) is 1.35. The lowest BCUT2D eigenvalue weighted by Gasteiger charge is -2.21. The van der Waals surface area contributed by atoms with Gasteiger partial charge in [0.25, 0.3) is 0 Å². The molecule has 18 heavy (non-hydrogen) atoms. The van der Waals surface area contributed by atoms with Crippen LogP contribution in [0.1, 0.15) is 13.8 Å². The summed E-state index contributed by atoms with van der Waals surface area (Å²) in [5.74, 6) is 1.72. The number of hydrogen-bond acceptors (Lipinski definition) is 6. The lowest BCUT2D eigenvalue weighted by molar-refractivity contribution is 0.720. The first-order valence-electron chi connectivity index (χ1n) is 5.77. The zero-order valence-electron chi connectivity index (χ0n) is 11.0. The van der Waals surface area contributed by atoms with Crippen molar-refractivity contribution in [3.63, 3.8) is 0 Å². The predicted octanol–water partition coefficient (Wildman–Crippen LogP) is 0.944.